The van der Waals surface area contributed by atoms with Gasteiger partial charge in [0.15, 0.2) is 5.96 Å². The third-order valence-corrected chi connectivity index (χ3v) is 5.20. The first kappa shape index (κ1) is 23.2. The molecule has 0 aliphatic carbocycles. The van der Waals surface area contributed by atoms with E-state index in [0.29, 0.717) is 18.2 Å². The van der Waals surface area contributed by atoms with E-state index in [0.717, 1.165) is 23.7 Å². The molecule has 2 N–H and O–H groups in total. The third kappa shape index (κ3) is 6.74. The lowest BCUT2D eigenvalue weighted by Gasteiger charge is -2.13. The fraction of sp³-hybridized carbons (Fsp3) is 0.238. The van der Waals surface area contributed by atoms with Crippen molar-refractivity contribution >= 4 is 41.7 Å². The van der Waals surface area contributed by atoms with E-state index in [9.17, 15) is 4.39 Å². The molecule has 0 aliphatic heterocycles. The van der Waals surface area contributed by atoms with Crippen LogP contribution in [0.1, 0.15) is 11.4 Å². The average Bonchev–Trinajstić information content (AvgIpc) is 3.14. The molecule has 0 radical (unpaired) electrons. The highest BCUT2D eigenvalue weighted by Gasteiger charge is 2.08. The van der Waals surface area contributed by atoms with Crippen molar-refractivity contribution in [2.24, 2.45) is 4.99 Å². The Morgan fingerprint density at radius 1 is 1.17 bits per heavy atom. The molecule has 0 saturated carbocycles. The summed E-state index contributed by atoms with van der Waals surface area (Å²) in [5, 5.41) is 6.50. The minimum atomic E-state index is -0.275. The maximum absolute atomic E-state index is 14.5. The van der Waals surface area contributed by atoms with E-state index in [1.54, 1.807) is 47.9 Å². The minimum absolute atomic E-state index is 0. The van der Waals surface area contributed by atoms with Gasteiger partial charge in [0.05, 0.1) is 5.69 Å². The van der Waals surface area contributed by atoms with Gasteiger partial charge < -0.3 is 15.2 Å². The number of aliphatic imine (C=N–C) groups is 1. The van der Waals surface area contributed by atoms with Gasteiger partial charge in [0, 0.05) is 43.2 Å². The van der Waals surface area contributed by atoms with Gasteiger partial charge in [-0.2, -0.15) is 0 Å². The molecule has 0 saturated heterocycles. The van der Waals surface area contributed by atoms with Crippen molar-refractivity contribution < 1.29 is 4.39 Å². The van der Waals surface area contributed by atoms with Gasteiger partial charge in [0.2, 0.25) is 0 Å². The van der Waals surface area contributed by atoms with Crippen LogP contribution in [-0.4, -0.2) is 34.9 Å². The van der Waals surface area contributed by atoms with Gasteiger partial charge in [-0.05, 0) is 36.8 Å². The molecule has 2 aromatic carbocycles. The number of imidazole rings is 1. The van der Waals surface area contributed by atoms with Gasteiger partial charge in [-0.3, -0.25) is 4.99 Å². The first-order valence-electron chi connectivity index (χ1n) is 9.08. The van der Waals surface area contributed by atoms with E-state index in [2.05, 4.69) is 32.7 Å². The maximum Gasteiger partial charge on any atom is 0.191 e. The van der Waals surface area contributed by atoms with Gasteiger partial charge in [0.25, 0.3) is 0 Å². The number of benzene rings is 2. The Bertz CT molecular complexity index is 930. The average molecular weight is 525 g/mol. The SMILES string of the molecule is CN=C(NCCSc1ccccc1)NCc1ccc(-n2ccnc2C)c(F)c1.I. The van der Waals surface area contributed by atoms with Gasteiger partial charge in [0.1, 0.15) is 11.6 Å². The van der Waals surface area contributed by atoms with Crippen molar-refractivity contribution in [3.8, 4) is 5.69 Å². The van der Waals surface area contributed by atoms with E-state index in [4.69, 9.17) is 0 Å². The summed E-state index contributed by atoms with van der Waals surface area (Å²) >= 11 is 1.79. The van der Waals surface area contributed by atoms with Crippen molar-refractivity contribution in [2.75, 3.05) is 19.3 Å². The first-order chi connectivity index (χ1) is 13.7. The van der Waals surface area contributed by atoms with Crippen molar-refractivity contribution in [3.63, 3.8) is 0 Å². The number of guanidine groups is 1. The first-order valence-corrected chi connectivity index (χ1v) is 10.1. The Hall–Kier alpha value is -2.07. The lowest BCUT2D eigenvalue weighted by atomic mass is 10.2. The van der Waals surface area contributed by atoms with E-state index in [1.807, 2.05) is 31.2 Å². The quantitative estimate of drug-likeness (QED) is 0.158. The molecule has 0 unspecified atom stereocenters. The van der Waals surface area contributed by atoms with Crippen LogP contribution in [0.2, 0.25) is 0 Å². The maximum atomic E-state index is 14.5. The summed E-state index contributed by atoms with van der Waals surface area (Å²) in [4.78, 5) is 9.61. The molecular weight excluding hydrogens is 500 g/mol. The van der Waals surface area contributed by atoms with Crippen LogP contribution in [0.5, 0.6) is 0 Å². The zero-order valence-corrected chi connectivity index (χ0v) is 19.6. The van der Waals surface area contributed by atoms with Crippen LogP contribution in [-0.2, 0) is 6.54 Å². The molecule has 3 aromatic rings. The van der Waals surface area contributed by atoms with Crippen LogP contribution in [0.15, 0.2) is 70.8 Å². The van der Waals surface area contributed by atoms with Crippen LogP contribution in [0.3, 0.4) is 0 Å². The van der Waals surface area contributed by atoms with E-state index in [1.165, 1.54) is 4.90 Å². The Balaban J connectivity index is 0.00000300. The topological polar surface area (TPSA) is 54.2 Å². The molecule has 29 heavy (non-hydrogen) atoms. The van der Waals surface area contributed by atoms with Gasteiger partial charge >= 0.3 is 0 Å². The highest BCUT2D eigenvalue weighted by molar-refractivity contribution is 14.0. The van der Waals surface area contributed by atoms with Crippen molar-refractivity contribution in [3.05, 3.63) is 78.1 Å². The fourth-order valence-electron chi connectivity index (χ4n) is 2.75. The second-order valence-corrected chi connectivity index (χ2v) is 7.31. The van der Waals surface area contributed by atoms with Gasteiger partial charge in [-0.15, -0.1) is 35.7 Å². The zero-order valence-electron chi connectivity index (χ0n) is 16.4. The molecule has 1 aromatic heterocycles. The van der Waals surface area contributed by atoms with Crippen LogP contribution in [0, 0.1) is 12.7 Å². The Kier molecular flexibility index (Phi) is 9.46. The van der Waals surface area contributed by atoms with E-state index < -0.39 is 0 Å². The number of aryl methyl sites for hydroxylation is 1. The summed E-state index contributed by atoms with van der Waals surface area (Å²) in [6, 6.07) is 15.5. The molecule has 3 rings (SSSR count). The Labute approximate surface area is 192 Å². The monoisotopic (exact) mass is 525 g/mol. The van der Waals surface area contributed by atoms with Gasteiger partial charge in [-0.25, -0.2) is 9.37 Å². The zero-order chi connectivity index (χ0) is 19.8. The van der Waals surface area contributed by atoms with E-state index in [-0.39, 0.29) is 29.8 Å². The number of halogens is 2. The number of nitrogens with one attached hydrogen (secondary N) is 2. The molecule has 154 valence electrons. The number of rotatable bonds is 7. The predicted molar refractivity (Wildman–Crippen MR) is 129 cm³/mol. The summed E-state index contributed by atoms with van der Waals surface area (Å²) in [6.45, 7) is 3.12. The Morgan fingerprint density at radius 2 is 1.97 bits per heavy atom. The molecule has 0 atom stereocenters. The van der Waals surface area contributed by atoms with E-state index >= 15 is 0 Å². The van der Waals surface area contributed by atoms with Crippen molar-refractivity contribution in [1.29, 1.82) is 0 Å². The molecular formula is C21H25FIN5S. The second kappa shape index (κ2) is 11.8. The number of hydrogen-bond acceptors (Lipinski definition) is 3. The van der Waals surface area contributed by atoms with Crippen LogP contribution in [0.25, 0.3) is 5.69 Å². The molecule has 5 nitrogen and oxygen atoms in total. The number of nitrogens with zero attached hydrogens (tertiary/aromatic N) is 3. The second-order valence-electron chi connectivity index (χ2n) is 6.14. The summed E-state index contributed by atoms with van der Waals surface area (Å²) in [6.07, 6.45) is 3.42. The number of thioether (sulfide) groups is 1. The highest BCUT2D eigenvalue weighted by atomic mass is 127. The molecule has 8 heteroatoms. The molecule has 0 aliphatic rings. The molecule has 1 heterocycles. The molecule has 0 bridgehead atoms. The van der Waals surface area contributed by atoms with Crippen molar-refractivity contribution in [2.45, 2.75) is 18.4 Å². The normalized spacial score (nSPS) is 11.1. The molecule has 0 amide bonds. The summed E-state index contributed by atoms with van der Waals surface area (Å²) in [7, 11) is 1.73. The fourth-order valence-corrected chi connectivity index (χ4v) is 3.54. The summed E-state index contributed by atoms with van der Waals surface area (Å²) in [5.41, 5.74) is 1.35. The number of hydrogen-bond donors (Lipinski definition) is 2. The third-order valence-electron chi connectivity index (χ3n) is 4.19. The molecule has 0 spiro atoms. The van der Waals surface area contributed by atoms with Crippen LogP contribution < -0.4 is 10.6 Å². The van der Waals surface area contributed by atoms with Gasteiger partial charge in [-0.1, -0.05) is 24.3 Å². The Morgan fingerprint density at radius 3 is 2.62 bits per heavy atom. The standard InChI is InChI=1S/C21H24FN5S.HI/c1-16-24-10-12-27(16)20-9-8-17(14-19(20)22)15-26-21(23-2)25-11-13-28-18-6-4-3-5-7-18;/h3-10,12,14H,11,13,15H2,1-2H3,(H2,23,25,26);1H. The predicted octanol–water partition coefficient (Wildman–Crippen LogP) is 4.40. The minimum Gasteiger partial charge on any atom is -0.356 e. The van der Waals surface area contributed by atoms with Crippen molar-refractivity contribution in [1.82, 2.24) is 20.2 Å². The smallest absolute Gasteiger partial charge is 0.191 e. The summed E-state index contributed by atoms with van der Waals surface area (Å²) < 4.78 is 16.2. The van der Waals surface area contributed by atoms with Crippen LogP contribution in [0.4, 0.5) is 4.39 Å². The highest BCUT2D eigenvalue weighted by Crippen LogP contribution is 2.17. The molecule has 0 fully saturated rings. The summed E-state index contributed by atoms with van der Waals surface area (Å²) in [5.74, 6) is 2.10. The number of aromatic nitrogens is 2. The lowest BCUT2D eigenvalue weighted by Crippen LogP contribution is -2.37. The largest absolute Gasteiger partial charge is 0.356 e. The lowest BCUT2D eigenvalue weighted by molar-refractivity contribution is 0.613. The van der Waals surface area contributed by atoms with Crippen LogP contribution >= 0.6 is 35.7 Å².